The first kappa shape index (κ1) is 9.79. The molecule has 3 aromatic heterocycles. The molecule has 86 valence electrons. The molecule has 3 nitrogen and oxygen atoms in total. The van der Waals surface area contributed by atoms with Gasteiger partial charge in [-0.1, -0.05) is 18.2 Å². The van der Waals surface area contributed by atoms with Gasteiger partial charge in [-0.2, -0.15) is 0 Å². The second-order valence-corrected chi connectivity index (χ2v) is 5.16. The predicted molar refractivity (Wildman–Crippen MR) is 75.3 cm³/mol. The Hall–Kier alpha value is -2.20. The van der Waals surface area contributed by atoms with Crippen LogP contribution in [0.5, 0.6) is 0 Å². The van der Waals surface area contributed by atoms with Gasteiger partial charge in [-0.25, -0.2) is 4.98 Å². The van der Waals surface area contributed by atoms with Gasteiger partial charge in [0.15, 0.2) is 0 Å². The summed E-state index contributed by atoms with van der Waals surface area (Å²) < 4.78 is 0.988. The number of hydrogen-bond donors (Lipinski definition) is 1. The Morgan fingerprint density at radius 2 is 1.89 bits per heavy atom. The average molecular weight is 252 g/mol. The number of para-hydroxylation sites is 1. The van der Waals surface area contributed by atoms with E-state index in [1.165, 1.54) is 0 Å². The molecule has 0 spiro atoms. The maximum atomic E-state index is 12.4. The number of aromatic nitrogens is 2. The summed E-state index contributed by atoms with van der Waals surface area (Å²) in [5.41, 5.74) is 1.71. The molecule has 4 heteroatoms. The maximum absolute atomic E-state index is 12.4. The first-order valence-corrected chi connectivity index (χ1v) is 6.44. The summed E-state index contributed by atoms with van der Waals surface area (Å²) in [5, 5.41) is 1.77. The van der Waals surface area contributed by atoms with Crippen molar-refractivity contribution in [2.24, 2.45) is 0 Å². The molecule has 0 radical (unpaired) electrons. The van der Waals surface area contributed by atoms with Crippen molar-refractivity contribution >= 4 is 42.7 Å². The van der Waals surface area contributed by atoms with Crippen LogP contribution >= 0.6 is 11.3 Å². The molecule has 0 fully saturated rings. The van der Waals surface area contributed by atoms with Crippen LogP contribution in [0.15, 0.2) is 47.4 Å². The number of benzene rings is 1. The summed E-state index contributed by atoms with van der Waals surface area (Å²) in [6.45, 7) is 0. The average Bonchev–Trinajstić information content (AvgIpc) is 2.79. The molecule has 0 unspecified atom stereocenters. The number of nitrogens with zero attached hydrogens (tertiary/aromatic N) is 1. The van der Waals surface area contributed by atoms with Crippen LogP contribution in [0.1, 0.15) is 0 Å². The van der Waals surface area contributed by atoms with Crippen molar-refractivity contribution in [2.45, 2.75) is 0 Å². The molecule has 0 amide bonds. The van der Waals surface area contributed by atoms with E-state index in [0.29, 0.717) is 10.9 Å². The number of rotatable bonds is 0. The van der Waals surface area contributed by atoms with Crippen LogP contribution in [0.2, 0.25) is 0 Å². The van der Waals surface area contributed by atoms with Gasteiger partial charge in [0.05, 0.1) is 10.1 Å². The molecule has 1 aromatic carbocycles. The molecular weight excluding hydrogens is 244 g/mol. The van der Waals surface area contributed by atoms with E-state index in [1.807, 2.05) is 30.3 Å². The van der Waals surface area contributed by atoms with Crippen LogP contribution in [0.25, 0.3) is 31.3 Å². The standard InChI is InChI=1S/C14H8N2OS/c17-12-9-5-3-7-15-14(9)18-13-8-4-1-2-6-10(8)16-11(12)13/h1-7,16H. The Balaban J connectivity index is 2.38. The van der Waals surface area contributed by atoms with E-state index in [4.69, 9.17) is 0 Å². The van der Waals surface area contributed by atoms with Crippen molar-refractivity contribution < 1.29 is 0 Å². The lowest BCUT2D eigenvalue weighted by Crippen LogP contribution is -2.01. The molecule has 0 bridgehead atoms. The molecule has 3 heterocycles. The van der Waals surface area contributed by atoms with Crippen molar-refractivity contribution in [2.75, 3.05) is 0 Å². The van der Waals surface area contributed by atoms with Crippen LogP contribution in [0.3, 0.4) is 0 Å². The Kier molecular flexibility index (Phi) is 1.85. The van der Waals surface area contributed by atoms with Gasteiger partial charge in [0.1, 0.15) is 10.3 Å². The predicted octanol–water partition coefficient (Wildman–Crippen LogP) is 3.29. The molecule has 0 aliphatic heterocycles. The molecule has 0 atom stereocenters. The minimum absolute atomic E-state index is 0.0306. The third kappa shape index (κ3) is 1.18. The highest BCUT2D eigenvalue weighted by molar-refractivity contribution is 7.25. The molecular formula is C14H8N2OS. The van der Waals surface area contributed by atoms with E-state index in [9.17, 15) is 4.79 Å². The zero-order valence-corrected chi connectivity index (χ0v) is 10.1. The number of pyridine rings is 1. The van der Waals surface area contributed by atoms with Gasteiger partial charge in [0.25, 0.3) is 0 Å². The molecule has 4 rings (SSSR count). The number of fused-ring (bicyclic) bond motifs is 4. The van der Waals surface area contributed by atoms with Gasteiger partial charge in [0.2, 0.25) is 5.43 Å². The fourth-order valence-corrected chi connectivity index (χ4v) is 3.37. The van der Waals surface area contributed by atoms with E-state index in [-0.39, 0.29) is 5.43 Å². The van der Waals surface area contributed by atoms with Gasteiger partial charge in [-0.3, -0.25) is 4.79 Å². The van der Waals surface area contributed by atoms with Crippen molar-refractivity contribution in [1.82, 2.24) is 9.97 Å². The first-order chi connectivity index (χ1) is 8.84. The highest BCUT2D eigenvalue weighted by atomic mass is 32.1. The van der Waals surface area contributed by atoms with Gasteiger partial charge >= 0.3 is 0 Å². The lowest BCUT2D eigenvalue weighted by molar-refractivity contribution is 1.43. The highest BCUT2D eigenvalue weighted by Crippen LogP contribution is 2.29. The number of hydrogen-bond acceptors (Lipinski definition) is 3. The second-order valence-electron chi connectivity index (χ2n) is 4.16. The quantitative estimate of drug-likeness (QED) is 0.522. The van der Waals surface area contributed by atoms with Crippen LogP contribution in [0.4, 0.5) is 0 Å². The zero-order chi connectivity index (χ0) is 12.1. The Morgan fingerprint density at radius 3 is 2.83 bits per heavy atom. The van der Waals surface area contributed by atoms with E-state index in [1.54, 1.807) is 23.6 Å². The van der Waals surface area contributed by atoms with Gasteiger partial charge in [-0.15, -0.1) is 11.3 Å². The van der Waals surface area contributed by atoms with Crippen molar-refractivity contribution in [1.29, 1.82) is 0 Å². The minimum atomic E-state index is 0.0306. The molecule has 1 N–H and O–H groups in total. The summed E-state index contributed by atoms with van der Waals surface area (Å²) in [6, 6.07) is 11.6. The Morgan fingerprint density at radius 1 is 1.06 bits per heavy atom. The molecule has 0 saturated carbocycles. The molecule has 0 aliphatic rings. The topological polar surface area (TPSA) is 45.8 Å². The third-order valence-corrected chi connectivity index (χ3v) is 4.25. The SMILES string of the molecule is O=c1c2cccnc2sc2c1[nH]c1ccccc12. The summed E-state index contributed by atoms with van der Waals surface area (Å²) in [6.07, 6.45) is 1.72. The smallest absolute Gasteiger partial charge is 0.213 e. The van der Waals surface area contributed by atoms with Gasteiger partial charge in [-0.05, 0) is 18.2 Å². The molecule has 18 heavy (non-hydrogen) atoms. The van der Waals surface area contributed by atoms with Crippen LogP contribution < -0.4 is 5.43 Å². The summed E-state index contributed by atoms with van der Waals surface area (Å²) in [4.78, 5) is 20.7. The summed E-state index contributed by atoms with van der Waals surface area (Å²) in [7, 11) is 0. The molecule has 0 saturated heterocycles. The normalized spacial score (nSPS) is 11.6. The summed E-state index contributed by atoms with van der Waals surface area (Å²) in [5.74, 6) is 0. The maximum Gasteiger partial charge on any atom is 0.213 e. The number of nitrogens with one attached hydrogen (secondary N) is 1. The molecule has 0 aliphatic carbocycles. The Labute approximate surface area is 106 Å². The van der Waals surface area contributed by atoms with E-state index in [2.05, 4.69) is 9.97 Å². The fourth-order valence-electron chi connectivity index (χ4n) is 2.26. The third-order valence-electron chi connectivity index (χ3n) is 3.10. The minimum Gasteiger partial charge on any atom is -0.351 e. The first-order valence-electron chi connectivity index (χ1n) is 5.63. The van der Waals surface area contributed by atoms with Crippen molar-refractivity contribution in [3.05, 3.63) is 52.8 Å². The van der Waals surface area contributed by atoms with E-state index in [0.717, 1.165) is 20.4 Å². The lowest BCUT2D eigenvalue weighted by atomic mass is 10.2. The van der Waals surface area contributed by atoms with Crippen molar-refractivity contribution in [3.63, 3.8) is 0 Å². The van der Waals surface area contributed by atoms with Crippen LogP contribution in [-0.4, -0.2) is 9.97 Å². The number of aromatic amines is 1. The highest BCUT2D eigenvalue weighted by Gasteiger charge is 2.11. The molecule has 4 aromatic rings. The Bertz CT molecular complexity index is 952. The van der Waals surface area contributed by atoms with E-state index >= 15 is 0 Å². The van der Waals surface area contributed by atoms with Crippen molar-refractivity contribution in [3.8, 4) is 0 Å². The van der Waals surface area contributed by atoms with E-state index < -0.39 is 0 Å². The second kappa shape index (κ2) is 3.40. The zero-order valence-electron chi connectivity index (χ0n) is 9.31. The van der Waals surface area contributed by atoms with Crippen LogP contribution in [0, 0.1) is 0 Å². The monoisotopic (exact) mass is 252 g/mol. The van der Waals surface area contributed by atoms with Crippen LogP contribution in [-0.2, 0) is 0 Å². The largest absolute Gasteiger partial charge is 0.351 e. The number of H-pyrrole nitrogens is 1. The van der Waals surface area contributed by atoms with Gasteiger partial charge in [0, 0.05) is 17.1 Å². The fraction of sp³-hybridized carbons (Fsp3) is 0. The van der Waals surface area contributed by atoms with Gasteiger partial charge < -0.3 is 4.98 Å². The lowest BCUT2D eigenvalue weighted by Gasteiger charge is -1.95. The summed E-state index contributed by atoms with van der Waals surface area (Å²) >= 11 is 1.56.